The van der Waals surface area contributed by atoms with E-state index in [-0.39, 0.29) is 12.1 Å². The third-order valence-corrected chi connectivity index (χ3v) is 5.86. The Labute approximate surface area is 226 Å². The van der Waals surface area contributed by atoms with Crippen molar-refractivity contribution in [1.29, 1.82) is 0 Å². The van der Waals surface area contributed by atoms with Crippen LogP contribution in [0.15, 0.2) is 66.7 Å². The molecule has 0 aliphatic heterocycles. The Morgan fingerprint density at radius 2 is 1.12 bits per heavy atom. The van der Waals surface area contributed by atoms with Gasteiger partial charge in [-0.25, -0.2) is 26.3 Å². The van der Waals surface area contributed by atoms with E-state index in [1.54, 1.807) is 0 Å². The molecular weight excluding hydrogens is 570 g/mol. The number of aryl methyl sites for hydroxylation is 1. The fraction of sp³-hybridized carbons (Fsp3) is 0.172. The smallest absolute Gasteiger partial charge is 0.429 e. The van der Waals surface area contributed by atoms with E-state index >= 15 is 0 Å². The second-order valence-electron chi connectivity index (χ2n) is 8.84. The predicted octanol–water partition coefficient (Wildman–Crippen LogP) is 9.40. The van der Waals surface area contributed by atoms with Crippen LogP contribution in [0.1, 0.15) is 30.0 Å². The van der Waals surface area contributed by atoms with Crippen molar-refractivity contribution in [3.63, 3.8) is 0 Å². The van der Waals surface area contributed by atoms with Gasteiger partial charge in [-0.05, 0) is 53.9 Å². The van der Waals surface area contributed by atoms with Crippen LogP contribution < -0.4 is 9.47 Å². The van der Waals surface area contributed by atoms with Crippen molar-refractivity contribution < 1.29 is 53.4 Å². The van der Waals surface area contributed by atoms with Gasteiger partial charge in [0.05, 0.1) is 5.56 Å². The Hall–Kier alpha value is -4.22. The Bertz CT molecular complexity index is 1520. The van der Waals surface area contributed by atoms with Gasteiger partial charge in [-0.1, -0.05) is 25.5 Å². The molecule has 0 spiro atoms. The van der Waals surface area contributed by atoms with Crippen molar-refractivity contribution in [2.24, 2.45) is 0 Å². The summed E-state index contributed by atoms with van der Waals surface area (Å²) in [4.78, 5) is 0. The topological polar surface area (TPSA) is 18.5 Å². The quantitative estimate of drug-likeness (QED) is 0.143. The summed E-state index contributed by atoms with van der Waals surface area (Å²) in [5.41, 5.74) is -2.86. The zero-order chi connectivity index (χ0) is 30.1. The molecule has 4 aromatic rings. The number of alkyl halides is 4. The highest BCUT2D eigenvalue weighted by Crippen LogP contribution is 2.39. The summed E-state index contributed by atoms with van der Waals surface area (Å²) < 4.78 is 151. The molecule has 4 rings (SSSR count). The zero-order valence-corrected chi connectivity index (χ0v) is 20.9. The van der Waals surface area contributed by atoms with E-state index in [0.717, 1.165) is 30.2 Å². The van der Waals surface area contributed by atoms with E-state index in [0.29, 0.717) is 30.7 Å². The summed E-state index contributed by atoms with van der Waals surface area (Å²) in [6.45, 7) is 1.89. The lowest BCUT2D eigenvalue weighted by Gasteiger charge is -2.22. The average Bonchev–Trinajstić information content (AvgIpc) is 2.86. The van der Waals surface area contributed by atoms with Gasteiger partial charge >= 0.3 is 12.2 Å². The van der Waals surface area contributed by atoms with Gasteiger partial charge in [0.2, 0.25) is 0 Å². The Morgan fingerprint density at radius 3 is 1.66 bits per heavy atom. The molecule has 0 N–H and O–H groups in total. The van der Waals surface area contributed by atoms with E-state index < -0.39 is 80.9 Å². The van der Waals surface area contributed by atoms with Gasteiger partial charge < -0.3 is 9.47 Å². The number of hydrogen-bond acceptors (Lipinski definition) is 2. The number of hydrogen-bond donors (Lipinski definition) is 0. The first kappa shape index (κ1) is 29.8. The molecule has 41 heavy (non-hydrogen) atoms. The van der Waals surface area contributed by atoms with Crippen molar-refractivity contribution in [2.45, 2.75) is 32.0 Å². The highest BCUT2D eigenvalue weighted by molar-refractivity contribution is 5.65. The maximum atomic E-state index is 14.7. The monoisotopic (exact) mass is 588 g/mol. The third kappa shape index (κ3) is 6.41. The van der Waals surface area contributed by atoms with Gasteiger partial charge in [0.1, 0.15) is 34.5 Å². The van der Waals surface area contributed by atoms with E-state index in [1.807, 2.05) is 6.92 Å². The van der Waals surface area contributed by atoms with Crippen molar-refractivity contribution in [1.82, 2.24) is 0 Å². The maximum absolute atomic E-state index is 14.7. The molecule has 0 aromatic heterocycles. The second-order valence-corrected chi connectivity index (χ2v) is 8.84. The summed E-state index contributed by atoms with van der Waals surface area (Å²) in [6, 6.07) is 7.89. The molecule has 2 nitrogen and oxygen atoms in total. The zero-order valence-electron chi connectivity index (χ0n) is 20.9. The normalized spacial score (nSPS) is 12.0. The van der Waals surface area contributed by atoms with Crippen molar-refractivity contribution in [2.75, 3.05) is 0 Å². The summed E-state index contributed by atoms with van der Waals surface area (Å²) in [5, 5.41) is 0. The largest absolute Gasteiger partial charge is 0.432 e. The highest BCUT2D eigenvalue weighted by atomic mass is 19.3. The third-order valence-electron chi connectivity index (χ3n) is 5.86. The SMILES string of the molecule is CCCc1ccc(C(F)(F)Oc2cc(F)c(C(F)(F)Oc3ccc(-c4cc(F)c(F)c(F)c4)c(F)c3)c(F)c2)cc1. The highest BCUT2D eigenvalue weighted by Gasteiger charge is 2.42. The molecular formula is C29H18F10O2. The average molecular weight is 588 g/mol. The van der Waals surface area contributed by atoms with Crippen LogP contribution in [0.2, 0.25) is 0 Å². The number of benzene rings is 4. The van der Waals surface area contributed by atoms with Crippen LogP contribution in [0.3, 0.4) is 0 Å². The lowest BCUT2D eigenvalue weighted by atomic mass is 10.0. The van der Waals surface area contributed by atoms with Gasteiger partial charge in [-0.2, -0.15) is 17.6 Å². The molecule has 0 saturated carbocycles. The number of ether oxygens (including phenoxy) is 2. The molecule has 0 saturated heterocycles. The first-order valence-electron chi connectivity index (χ1n) is 11.9. The van der Waals surface area contributed by atoms with Crippen LogP contribution in [-0.4, -0.2) is 0 Å². The Balaban J connectivity index is 1.56. The van der Waals surface area contributed by atoms with Crippen molar-refractivity contribution in [3.05, 3.63) is 118 Å². The summed E-state index contributed by atoms with van der Waals surface area (Å²) in [5.74, 6) is -12.5. The minimum absolute atomic E-state index is 0.107. The minimum Gasteiger partial charge on any atom is -0.429 e. The molecule has 4 aromatic carbocycles. The van der Waals surface area contributed by atoms with E-state index in [1.165, 1.54) is 12.1 Å². The summed E-state index contributed by atoms with van der Waals surface area (Å²) in [7, 11) is 0. The van der Waals surface area contributed by atoms with Gasteiger partial charge in [0.15, 0.2) is 17.5 Å². The Kier molecular flexibility index (Phi) is 8.23. The molecule has 12 heteroatoms. The standard InChI is InChI=1S/C29H18F10O2/c1-2-3-15-4-6-17(7-5-15)28(36,37)41-19-13-22(31)26(23(32)14-19)29(38,39)40-18-8-9-20(21(30)12-18)16-10-24(33)27(35)25(34)11-16/h4-14H,2-3H2,1H3. The molecule has 0 heterocycles. The molecule has 0 atom stereocenters. The lowest BCUT2D eigenvalue weighted by Crippen LogP contribution is -2.26. The van der Waals surface area contributed by atoms with Crippen LogP contribution in [0.5, 0.6) is 11.5 Å². The van der Waals surface area contributed by atoms with Gasteiger partial charge in [-0.3, -0.25) is 0 Å². The van der Waals surface area contributed by atoms with E-state index in [9.17, 15) is 43.9 Å². The maximum Gasteiger partial charge on any atom is 0.432 e. The van der Waals surface area contributed by atoms with Crippen molar-refractivity contribution >= 4 is 0 Å². The van der Waals surface area contributed by atoms with E-state index in [2.05, 4.69) is 9.47 Å². The number of halogens is 10. The van der Waals surface area contributed by atoms with Crippen LogP contribution in [-0.2, 0) is 18.6 Å². The van der Waals surface area contributed by atoms with Crippen LogP contribution in [0.4, 0.5) is 43.9 Å². The second kappa shape index (κ2) is 11.3. The molecule has 0 amide bonds. The van der Waals surface area contributed by atoms with Crippen LogP contribution in [0.25, 0.3) is 11.1 Å². The van der Waals surface area contributed by atoms with Gasteiger partial charge in [-0.15, -0.1) is 0 Å². The summed E-state index contributed by atoms with van der Waals surface area (Å²) in [6.07, 6.45) is -7.46. The molecule has 0 aliphatic carbocycles. The molecule has 216 valence electrons. The number of rotatable bonds is 9. The van der Waals surface area contributed by atoms with Crippen LogP contribution in [0, 0.1) is 34.9 Å². The molecule has 0 radical (unpaired) electrons. The first-order chi connectivity index (χ1) is 19.2. The van der Waals surface area contributed by atoms with Crippen molar-refractivity contribution in [3.8, 4) is 22.6 Å². The predicted molar refractivity (Wildman–Crippen MR) is 128 cm³/mol. The lowest BCUT2D eigenvalue weighted by molar-refractivity contribution is -0.190. The minimum atomic E-state index is -4.79. The van der Waals surface area contributed by atoms with Crippen LogP contribution >= 0.6 is 0 Å². The molecule has 0 fully saturated rings. The van der Waals surface area contributed by atoms with Gasteiger partial charge in [0.25, 0.3) is 0 Å². The fourth-order valence-corrected chi connectivity index (χ4v) is 3.95. The molecule has 0 aliphatic rings. The van der Waals surface area contributed by atoms with Gasteiger partial charge in [0, 0.05) is 23.8 Å². The fourth-order valence-electron chi connectivity index (χ4n) is 3.95. The Morgan fingerprint density at radius 1 is 0.585 bits per heavy atom. The first-order valence-corrected chi connectivity index (χ1v) is 11.9. The van der Waals surface area contributed by atoms with E-state index in [4.69, 9.17) is 0 Å². The summed E-state index contributed by atoms with van der Waals surface area (Å²) >= 11 is 0. The molecule has 0 bridgehead atoms. The molecule has 0 unspecified atom stereocenters.